The molecule has 9 heteroatoms. The summed E-state index contributed by atoms with van der Waals surface area (Å²) in [6, 6.07) is 7.36. The second kappa shape index (κ2) is 7.19. The Kier molecular flexibility index (Phi) is 5.33. The van der Waals surface area contributed by atoms with Crippen LogP contribution >= 0.6 is 0 Å². The van der Waals surface area contributed by atoms with Gasteiger partial charge in [0.1, 0.15) is 10.6 Å². The Bertz CT molecular complexity index is 1190. The summed E-state index contributed by atoms with van der Waals surface area (Å²) in [4.78, 5) is 16.2. The predicted octanol–water partition coefficient (Wildman–Crippen LogP) is 5.18. The summed E-state index contributed by atoms with van der Waals surface area (Å²) in [5.74, 6) is -1.29. The Morgan fingerprint density at radius 2 is 1.65 bits per heavy atom. The van der Waals surface area contributed by atoms with Crippen molar-refractivity contribution in [2.45, 2.75) is 45.5 Å². The zero-order valence-electron chi connectivity index (χ0n) is 17.7. The molecule has 0 unspecified atom stereocenters. The Morgan fingerprint density at radius 3 is 2.23 bits per heavy atom. The van der Waals surface area contributed by atoms with Crippen LogP contribution < -0.4 is 0 Å². The van der Waals surface area contributed by atoms with Gasteiger partial charge in [0.05, 0.1) is 15.7 Å². The maximum atomic E-state index is 13.8. The van der Waals surface area contributed by atoms with Crippen LogP contribution in [0.25, 0.3) is 10.7 Å². The van der Waals surface area contributed by atoms with Gasteiger partial charge < -0.3 is 4.74 Å². The van der Waals surface area contributed by atoms with Gasteiger partial charge in [0.2, 0.25) is 0 Å². The largest absolute Gasteiger partial charge is 0.422 e. The number of hydrogen-bond donors (Lipinski definition) is 0. The average molecular weight is 453 g/mol. The van der Waals surface area contributed by atoms with Crippen molar-refractivity contribution in [3.8, 4) is 0 Å². The third-order valence-corrected chi connectivity index (χ3v) is 7.61. The molecule has 2 aromatic rings. The number of halogens is 3. The molecule has 0 saturated heterocycles. The van der Waals surface area contributed by atoms with Gasteiger partial charge in [-0.25, -0.2) is 8.42 Å². The van der Waals surface area contributed by atoms with Gasteiger partial charge in [-0.3, -0.25) is 9.78 Å². The zero-order chi connectivity index (χ0) is 23.4. The van der Waals surface area contributed by atoms with Crippen molar-refractivity contribution in [2.75, 3.05) is 0 Å². The smallest absolute Gasteiger partial charge is 0.417 e. The number of rotatable bonds is 2. The standard InChI is InChI=1S/C22H22F3NO4S/c1-20(2,3)19(27)30-17-16-15(11-8-12-26-16)21(4,5)31(28,29)18(17)13-9-6-7-10-14(13)22(23,24)25/h6-12H,1-5H3. The van der Waals surface area contributed by atoms with Crippen molar-refractivity contribution < 1.29 is 31.1 Å². The van der Waals surface area contributed by atoms with E-state index in [1.54, 1.807) is 20.8 Å². The second-order valence-electron chi connectivity index (χ2n) is 8.75. The fourth-order valence-electron chi connectivity index (χ4n) is 3.24. The first-order valence-corrected chi connectivity index (χ1v) is 10.9. The summed E-state index contributed by atoms with van der Waals surface area (Å²) in [7, 11) is -4.43. The molecule has 0 saturated carbocycles. The fraction of sp³-hybridized carbons (Fsp3) is 0.364. The van der Waals surface area contributed by atoms with Crippen LogP contribution in [0, 0.1) is 5.41 Å². The van der Waals surface area contributed by atoms with E-state index in [9.17, 15) is 26.4 Å². The zero-order valence-corrected chi connectivity index (χ0v) is 18.5. The van der Waals surface area contributed by atoms with Gasteiger partial charge in [0, 0.05) is 17.3 Å². The molecule has 31 heavy (non-hydrogen) atoms. The van der Waals surface area contributed by atoms with Crippen LogP contribution in [0.15, 0.2) is 42.6 Å². The number of carbonyl (C=O) groups excluding carboxylic acids is 1. The van der Waals surface area contributed by atoms with Crippen molar-refractivity contribution in [3.63, 3.8) is 0 Å². The van der Waals surface area contributed by atoms with Crippen molar-refractivity contribution in [1.82, 2.24) is 4.98 Å². The monoisotopic (exact) mass is 453 g/mol. The lowest BCUT2D eigenvalue weighted by atomic mass is 9.95. The first kappa shape index (κ1) is 23.0. The number of ether oxygens (including phenoxy) is 1. The summed E-state index contributed by atoms with van der Waals surface area (Å²) in [5.41, 5.74) is -2.51. The lowest BCUT2D eigenvalue weighted by Crippen LogP contribution is -2.36. The van der Waals surface area contributed by atoms with Crippen molar-refractivity contribution in [3.05, 3.63) is 65.0 Å². The molecule has 0 fully saturated rings. The van der Waals surface area contributed by atoms with Crippen LogP contribution in [0.3, 0.4) is 0 Å². The van der Waals surface area contributed by atoms with E-state index >= 15 is 0 Å². The molecule has 0 amide bonds. The van der Waals surface area contributed by atoms with Crippen LogP contribution in [0.5, 0.6) is 0 Å². The predicted molar refractivity (Wildman–Crippen MR) is 110 cm³/mol. The van der Waals surface area contributed by atoms with Gasteiger partial charge >= 0.3 is 12.1 Å². The van der Waals surface area contributed by atoms with E-state index in [1.165, 1.54) is 44.3 Å². The van der Waals surface area contributed by atoms with E-state index in [2.05, 4.69) is 4.98 Å². The summed E-state index contributed by atoms with van der Waals surface area (Å²) in [6.45, 7) is 7.45. The number of nitrogens with zero attached hydrogens (tertiary/aromatic N) is 1. The van der Waals surface area contributed by atoms with Crippen LogP contribution in [-0.4, -0.2) is 19.4 Å². The number of hydrogen-bond acceptors (Lipinski definition) is 5. The maximum Gasteiger partial charge on any atom is 0.417 e. The SMILES string of the molecule is CC(C)(C)C(=O)OC1=C(c2ccccc2C(F)(F)F)S(=O)(=O)C(C)(C)c2cccnc21. The maximum absolute atomic E-state index is 13.8. The molecule has 5 nitrogen and oxygen atoms in total. The highest BCUT2D eigenvalue weighted by Gasteiger charge is 2.50. The van der Waals surface area contributed by atoms with E-state index in [1.807, 2.05) is 0 Å². The fourth-order valence-corrected chi connectivity index (χ4v) is 5.05. The average Bonchev–Trinajstić information content (AvgIpc) is 2.65. The van der Waals surface area contributed by atoms with Gasteiger partial charge in [-0.1, -0.05) is 24.3 Å². The van der Waals surface area contributed by atoms with Crippen LogP contribution in [0.4, 0.5) is 13.2 Å². The van der Waals surface area contributed by atoms with Gasteiger partial charge in [-0.2, -0.15) is 13.2 Å². The highest BCUT2D eigenvalue weighted by molar-refractivity contribution is 8.01. The summed E-state index contributed by atoms with van der Waals surface area (Å²) in [6.07, 6.45) is -3.46. The molecule has 1 aromatic carbocycles. The van der Waals surface area contributed by atoms with Crippen molar-refractivity contribution in [1.29, 1.82) is 0 Å². The van der Waals surface area contributed by atoms with Gasteiger partial charge in [0.15, 0.2) is 15.6 Å². The number of carbonyl (C=O) groups is 1. The van der Waals surface area contributed by atoms with Gasteiger partial charge in [-0.05, 0) is 46.8 Å². The molecule has 0 atom stereocenters. The van der Waals surface area contributed by atoms with E-state index in [-0.39, 0.29) is 11.3 Å². The molecular formula is C22H22F3NO4S. The molecule has 0 spiro atoms. The van der Waals surface area contributed by atoms with E-state index in [4.69, 9.17) is 4.74 Å². The number of fused-ring (bicyclic) bond motifs is 1. The lowest BCUT2D eigenvalue weighted by molar-refractivity contribution is -0.145. The number of esters is 1. The van der Waals surface area contributed by atoms with E-state index < -0.39 is 53.9 Å². The second-order valence-corrected chi connectivity index (χ2v) is 11.2. The molecule has 2 heterocycles. The van der Waals surface area contributed by atoms with Gasteiger partial charge in [-0.15, -0.1) is 0 Å². The third-order valence-electron chi connectivity index (χ3n) is 5.10. The molecule has 1 aliphatic rings. The molecule has 3 rings (SSSR count). The highest BCUT2D eigenvalue weighted by Crippen LogP contribution is 2.50. The Morgan fingerprint density at radius 1 is 1.03 bits per heavy atom. The number of aromatic nitrogens is 1. The summed E-state index contributed by atoms with van der Waals surface area (Å²) in [5, 5.41) is 0. The lowest BCUT2D eigenvalue weighted by Gasteiger charge is -2.35. The highest BCUT2D eigenvalue weighted by atomic mass is 32.2. The minimum Gasteiger partial charge on any atom is -0.422 e. The molecule has 0 bridgehead atoms. The van der Waals surface area contributed by atoms with Crippen LogP contribution in [0.1, 0.15) is 57.0 Å². The summed E-state index contributed by atoms with van der Waals surface area (Å²) < 4.78 is 72.6. The Labute approximate surface area is 178 Å². The Hall–Kier alpha value is -2.68. The molecule has 1 aromatic heterocycles. The third kappa shape index (κ3) is 3.75. The topological polar surface area (TPSA) is 73.3 Å². The van der Waals surface area contributed by atoms with Crippen LogP contribution in [0.2, 0.25) is 0 Å². The first-order valence-electron chi connectivity index (χ1n) is 9.44. The Balaban J connectivity index is 2.49. The summed E-state index contributed by atoms with van der Waals surface area (Å²) >= 11 is 0. The van der Waals surface area contributed by atoms with E-state index in [0.29, 0.717) is 0 Å². The molecule has 1 aliphatic heterocycles. The number of alkyl halides is 3. The number of pyridine rings is 1. The molecule has 166 valence electrons. The molecule has 0 aliphatic carbocycles. The molecule has 0 radical (unpaired) electrons. The number of sulfone groups is 1. The van der Waals surface area contributed by atoms with Gasteiger partial charge in [0.25, 0.3) is 0 Å². The number of benzene rings is 1. The quantitative estimate of drug-likeness (QED) is 0.586. The minimum absolute atomic E-state index is 0.0203. The normalized spacial score (nSPS) is 17.8. The molecule has 0 N–H and O–H groups in total. The molecular weight excluding hydrogens is 431 g/mol. The minimum atomic E-state index is -4.83. The first-order chi connectivity index (χ1) is 14.1. The van der Waals surface area contributed by atoms with E-state index in [0.717, 1.165) is 12.1 Å². The van der Waals surface area contributed by atoms with Crippen LogP contribution in [-0.2, 0) is 30.3 Å². The van der Waals surface area contributed by atoms with Crippen molar-refractivity contribution >= 4 is 26.5 Å². The van der Waals surface area contributed by atoms with Crippen molar-refractivity contribution in [2.24, 2.45) is 5.41 Å².